The lowest BCUT2D eigenvalue weighted by Crippen LogP contribution is -2.46. The summed E-state index contributed by atoms with van der Waals surface area (Å²) in [6.07, 6.45) is -0.952. The number of carbonyl (C=O) groups is 2. The summed E-state index contributed by atoms with van der Waals surface area (Å²) in [5.74, 6) is -0.786. The van der Waals surface area contributed by atoms with E-state index in [4.69, 9.17) is 9.57 Å². The second-order valence-electron chi connectivity index (χ2n) is 8.78. The Hall–Kier alpha value is -4.57. The molecule has 38 heavy (non-hydrogen) atoms. The van der Waals surface area contributed by atoms with Crippen molar-refractivity contribution in [3.8, 4) is 28.4 Å². The zero-order chi connectivity index (χ0) is 27.2. The molecule has 0 spiro atoms. The number of nitrogens with one attached hydrogen (secondary N) is 1. The molecule has 4 rings (SSSR count). The molecule has 1 heterocycles. The van der Waals surface area contributed by atoms with Crippen LogP contribution in [-0.2, 0) is 9.63 Å². The second kappa shape index (κ2) is 11.7. The minimum absolute atomic E-state index is 0.118. The Morgan fingerprint density at radius 3 is 2.47 bits per heavy atom. The van der Waals surface area contributed by atoms with Gasteiger partial charge in [-0.15, -0.1) is 0 Å². The van der Waals surface area contributed by atoms with Crippen LogP contribution in [0.2, 0.25) is 0 Å². The molecule has 1 fully saturated rings. The fraction of sp³-hybridized carbons (Fsp3) is 0.250. The molecule has 198 valence electrons. The second-order valence-corrected chi connectivity index (χ2v) is 8.78. The molecule has 2 amide bonds. The number of aromatic hydroxyl groups is 2. The molecule has 4 N–H and O–H groups in total. The smallest absolute Gasteiger partial charge is 0.254 e. The number of hydrogen-bond donors (Lipinski definition) is 4. The Balaban J connectivity index is 1.49. The van der Waals surface area contributed by atoms with Crippen molar-refractivity contribution in [3.05, 3.63) is 77.9 Å². The number of aliphatic hydroxyl groups excluding tert-OH is 1. The molecule has 0 radical (unpaired) electrons. The molecule has 10 heteroatoms. The monoisotopic (exact) mass is 519 g/mol. The number of oxime groups is 1. The lowest BCUT2D eigenvalue weighted by atomic mass is 10.0. The molecule has 2 atom stereocenters. The van der Waals surface area contributed by atoms with Crippen molar-refractivity contribution in [2.45, 2.75) is 18.6 Å². The third kappa shape index (κ3) is 5.70. The minimum atomic E-state index is -1.13. The van der Waals surface area contributed by atoms with Crippen LogP contribution in [0.15, 0.2) is 71.9 Å². The zero-order valence-electron chi connectivity index (χ0n) is 21.0. The van der Waals surface area contributed by atoms with E-state index >= 15 is 0 Å². The number of ether oxygens (including phenoxy) is 1. The van der Waals surface area contributed by atoms with Gasteiger partial charge < -0.3 is 35.1 Å². The van der Waals surface area contributed by atoms with Crippen molar-refractivity contribution in [1.82, 2.24) is 10.2 Å². The average Bonchev–Trinajstić information content (AvgIpc) is 3.37. The summed E-state index contributed by atoms with van der Waals surface area (Å²) in [6.45, 7) is -0.0423. The number of para-hydroxylation sites is 1. The first-order valence-corrected chi connectivity index (χ1v) is 11.9. The van der Waals surface area contributed by atoms with E-state index in [1.54, 1.807) is 19.2 Å². The summed E-state index contributed by atoms with van der Waals surface area (Å²) in [7, 11) is 2.99. The van der Waals surface area contributed by atoms with Gasteiger partial charge in [0, 0.05) is 24.1 Å². The van der Waals surface area contributed by atoms with Gasteiger partial charge in [-0.25, -0.2) is 0 Å². The Morgan fingerprint density at radius 1 is 1.05 bits per heavy atom. The third-order valence-electron chi connectivity index (χ3n) is 6.35. The molecule has 0 bridgehead atoms. The highest BCUT2D eigenvalue weighted by Gasteiger charge is 2.38. The molecule has 0 saturated carbocycles. The highest BCUT2D eigenvalue weighted by atomic mass is 16.6. The average molecular weight is 520 g/mol. The molecule has 1 saturated heterocycles. The number of benzene rings is 3. The SMILES string of the molecule is CON=C1C[C@@H](C(=O)NCC(O)c2ccc(O)c(O)c2)N(C(=O)c2ccc(-c3ccccc3OC)cc2)C1. The Kier molecular flexibility index (Phi) is 8.12. The van der Waals surface area contributed by atoms with Crippen molar-refractivity contribution in [3.63, 3.8) is 0 Å². The summed E-state index contributed by atoms with van der Waals surface area (Å²) in [6, 6.07) is 17.7. The molecule has 10 nitrogen and oxygen atoms in total. The van der Waals surface area contributed by atoms with Gasteiger partial charge in [0.25, 0.3) is 5.91 Å². The van der Waals surface area contributed by atoms with Crippen molar-refractivity contribution in [2.24, 2.45) is 5.16 Å². The molecule has 0 aliphatic carbocycles. The number of aliphatic hydroxyl groups is 1. The van der Waals surface area contributed by atoms with Gasteiger partial charge >= 0.3 is 0 Å². The number of phenolic OH excluding ortho intramolecular Hbond substituents is 2. The van der Waals surface area contributed by atoms with Crippen LogP contribution in [0.1, 0.15) is 28.4 Å². The normalized spacial score (nSPS) is 16.8. The summed E-state index contributed by atoms with van der Waals surface area (Å²) in [5.41, 5.74) is 3.03. The van der Waals surface area contributed by atoms with Gasteiger partial charge in [0.15, 0.2) is 11.5 Å². The maximum Gasteiger partial charge on any atom is 0.254 e. The molecule has 1 unspecified atom stereocenters. The number of likely N-dealkylation sites (tertiary alicyclic amines) is 1. The van der Waals surface area contributed by atoms with Crippen molar-refractivity contribution in [1.29, 1.82) is 0 Å². The molecule has 3 aromatic rings. The van der Waals surface area contributed by atoms with Gasteiger partial charge in [0.05, 0.1) is 25.5 Å². The minimum Gasteiger partial charge on any atom is -0.504 e. The van der Waals surface area contributed by atoms with Crippen molar-refractivity contribution >= 4 is 17.5 Å². The van der Waals surface area contributed by atoms with Crippen molar-refractivity contribution < 1.29 is 34.5 Å². The van der Waals surface area contributed by atoms with E-state index in [0.717, 1.165) is 11.1 Å². The van der Waals surface area contributed by atoms with E-state index < -0.39 is 18.1 Å². The van der Waals surface area contributed by atoms with E-state index in [-0.39, 0.29) is 36.9 Å². The maximum absolute atomic E-state index is 13.4. The Bertz CT molecular complexity index is 1340. The standard InChI is InChI=1S/C28H29N3O7/c1-37-26-6-4-3-5-21(26)17-7-9-18(10-8-17)28(36)31-16-20(30-38-2)14-22(31)27(35)29-15-25(34)19-11-12-23(32)24(33)13-19/h3-13,22,25,32-34H,14-16H2,1-2H3,(H,29,35)/t22-,25?/m0/s1. The van der Waals surface area contributed by atoms with Crippen LogP contribution < -0.4 is 10.1 Å². The number of nitrogens with zero attached hydrogens (tertiary/aromatic N) is 2. The predicted octanol–water partition coefficient (Wildman–Crippen LogP) is 2.84. The fourth-order valence-corrected chi connectivity index (χ4v) is 4.37. The largest absolute Gasteiger partial charge is 0.504 e. The third-order valence-corrected chi connectivity index (χ3v) is 6.35. The van der Waals surface area contributed by atoms with Crippen LogP contribution in [0.25, 0.3) is 11.1 Å². The van der Waals surface area contributed by atoms with Gasteiger partial charge in [-0.1, -0.05) is 41.6 Å². The summed E-state index contributed by atoms with van der Waals surface area (Å²) >= 11 is 0. The van der Waals surface area contributed by atoms with Crippen LogP contribution in [0.4, 0.5) is 0 Å². The van der Waals surface area contributed by atoms with Gasteiger partial charge in [0.2, 0.25) is 5.91 Å². The molecule has 1 aliphatic rings. The van der Waals surface area contributed by atoms with Gasteiger partial charge in [-0.2, -0.15) is 0 Å². The first kappa shape index (κ1) is 26.5. The molecule has 0 aromatic heterocycles. The first-order chi connectivity index (χ1) is 18.3. The number of carbonyl (C=O) groups excluding carboxylic acids is 2. The number of amides is 2. The van der Waals surface area contributed by atoms with Gasteiger partial charge in [-0.05, 0) is 41.5 Å². The van der Waals surface area contributed by atoms with E-state index in [1.165, 1.54) is 30.2 Å². The van der Waals surface area contributed by atoms with E-state index in [0.29, 0.717) is 22.6 Å². The van der Waals surface area contributed by atoms with Crippen LogP contribution in [0.5, 0.6) is 17.2 Å². The Labute approximate surface area is 219 Å². The molecule has 3 aromatic carbocycles. The van der Waals surface area contributed by atoms with E-state index in [2.05, 4.69) is 10.5 Å². The van der Waals surface area contributed by atoms with Crippen LogP contribution in [-0.4, -0.2) is 71.1 Å². The highest BCUT2D eigenvalue weighted by molar-refractivity contribution is 6.05. The maximum atomic E-state index is 13.4. The number of methoxy groups -OCH3 is 1. The molecular weight excluding hydrogens is 490 g/mol. The quantitative estimate of drug-likeness (QED) is 0.265. The molecule has 1 aliphatic heterocycles. The highest BCUT2D eigenvalue weighted by Crippen LogP contribution is 2.30. The predicted molar refractivity (Wildman–Crippen MR) is 140 cm³/mol. The summed E-state index contributed by atoms with van der Waals surface area (Å²) < 4.78 is 5.43. The van der Waals surface area contributed by atoms with Gasteiger partial charge in [-0.3, -0.25) is 9.59 Å². The van der Waals surface area contributed by atoms with Crippen molar-refractivity contribution in [2.75, 3.05) is 27.3 Å². The zero-order valence-corrected chi connectivity index (χ0v) is 21.0. The lowest BCUT2D eigenvalue weighted by Gasteiger charge is -2.24. The number of hydrogen-bond acceptors (Lipinski definition) is 8. The fourth-order valence-electron chi connectivity index (χ4n) is 4.37. The first-order valence-electron chi connectivity index (χ1n) is 11.9. The number of rotatable bonds is 8. The molecular formula is C28H29N3O7. The summed E-state index contributed by atoms with van der Waals surface area (Å²) in [4.78, 5) is 32.8. The van der Waals surface area contributed by atoms with E-state index in [9.17, 15) is 24.9 Å². The van der Waals surface area contributed by atoms with E-state index in [1.807, 2.05) is 36.4 Å². The van der Waals surface area contributed by atoms with Crippen LogP contribution in [0.3, 0.4) is 0 Å². The lowest BCUT2D eigenvalue weighted by molar-refractivity contribution is -0.125. The Morgan fingerprint density at radius 2 is 1.79 bits per heavy atom. The summed E-state index contributed by atoms with van der Waals surface area (Å²) in [5, 5.41) is 36.2. The van der Waals surface area contributed by atoms with Gasteiger partial charge in [0.1, 0.15) is 18.9 Å². The number of phenols is 2. The topological polar surface area (TPSA) is 141 Å². The van der Waals surface area contributed by atoms with Crippen LogP contribution in [0, 0.1) is 0 Å². The van der Waals surface area contributed by atoms with Crippen LogP contribution >= 0.6 is 0 Å².